The van der Waals surface area contributed by atoms with Gasteiger partial charge in [-0.3, -0.25) is 0 Å². The van der Waals surface area contributed by atoms with E-state index in [4.69, 9.17) is 0 Å². The maximum Gasteiger partial charge on any atom is 0.120 e. The molecule has 0 saturated carbocycles. The number of quaternary nitrogens is 1. The molecule has 1 nitrogen and oxygen atoms in total. The molecule has 0 bridgehead atoms. The van der Waals surface area contributed by atoms with Crippen LogP contribution in [0.15, 0.2) is 30.3 Å². The lowest BCUT2D eigenvalue weighted by Crippen LogP contribution is -2.54. The molecular formula is C8H11BrN+. The van der Waals surface area contributed by atoms with Crippen LogP contribution >= 0.6 is 15.9 Å². The molecule has 3 N–H and O–H groups in total. The van der Waals surface area contributed by atoms with E-state index in [1.54, 1.807) is 0 Å². The minimum atomic E-state index is 0.376. The third-order valence-electron chi connectivity index (χ3n) is 1.46. The molecule has 0 radical (unpaired) electrons. The molecule has 0 aromatic heterocycles. The number of halogens is 1. The van der Waals surface area contributed by atoms with Crippen LogP contribution in [0.25, 0.3) is 0 Å². The zero-order chi connectivity index (χ0) is 7.40. The Morgan fingerprint density at radius 2 is 1.90 bits per heavy atom. The molecule has 0 saturated heterocycles. The molecule has 1 aromatic rings. The van der Waals surface area contributed by atoms with Gasteiger partial charge in [-0.1, -0.05) is 46.3 Å². The van der Waals surface area contributed by atoms with E-state index >= 15 is 0 Å². The largest absolute Gasteiger partial charge is 0.351 e. The smallest absolute Gasteiger partial charge is 0.120 e. The summed E-state index contributed by atoms with van der Waals surface area (Å²) < 4.78 is 0. The predicted octanol–water partition coefficient (Wildman–Crippen LogP) is 1.36. The van der Waals surface area contributed by atoms with Crippen molar-refractivity contribution in [1.82, 2.24) is 0 Å². The summed E-state index contributed by atoms with van der Waals surface area (Å²) in [5.74, 6) is 0. The van der Waals surface area contributed by atoms with Crippen molar-refractivity contribution in [3.63, 3.8) is 0 Å². The molecule has 0 aliphatic heterocycles. The molecule has 1 rings (SSSR count). The van der Waals surface area contributed by atoms with Gasteiger partial charge in [-0.25, -0.2) is 0 Å². The second-order valence-electron chi connectivity index (χ2n) is 2.26. The summed E-state index contributed by atoms with van der Waals surface area (Å²) in [6.07, 6.45) is 0. The van der Waals surface area contributed by atoms with Crippen LogP contribution in [-0.4, -0.2) is 5.33 Å². The third kappa shape index (κ3) is 1.82. The van der Waals surface area contributed by atoms with Crippen molar-refractivity contribution in [2.75, 3.05) is 5.33 Å². The van der Waals surface area contributed by atoms with Gasteiger partial charge in [0.15, 0.2) is 0 Å². The molecular weight excluding hydrogens is 190 g/mol. The summed E-state index contributed by atoms with van der Waals surface area (Å²) in [5, 5.41) is 0.928. The molecule has 54 valence electrons. The fraction of sp³-hybridized carbons (Fsp3) is 0.250. The van der Waals surface area contributed by atoms with Crippen molar-refractivity contribution >= 4 is 15.9 Å². The van der Waals surface area contributed by atoms with Gasteiger partial charge in [0.25, 0.3) is 0 Å². The van der Waals surface area contributed by atoms with Gasteiger partial charge in [-0.05, 0) is 0 Å². The van der Waals surface area contributed by atoms with E-state index in [9.17, 15) is 0 Å². The number of hydrogen-bond donors (Lipinski definition) is 1. The van der Waals surface area contributed by atoms with E-state index in [2.05, 4.69) is 33.8 Å². The van der Waals surface area contributed by atoms with Crippen molar-refractivity contribution < 1.29 is 5.73 Å². The Labute approximate surface area is 69.4 Å². The highest BCUT2D eigenvalue weighted by atomic mass is 79.9. The highest BCUT2D eigenvalue weighted by molar-refractivity contribution is 9.09. The second kappa shape index (κ2) is 3.74. The maximum atomic E-state index is 3.98. The molecule has 2 heteroatoms. The Morgan fingerprint density at radius 1 is 1.30 bits per heavy atom. The van der Waals surface area contributed by atoms with E-state index in [0.717, 1.165) is 5.33 Å². The first-order chi connectivity index (χ1) is 4.84. The number of alkyl halides is 1. The summed E-state index contributed by atoms with van der Waals surface area (Å²) >= 11 is 3.39. The van der Waals surface area contributed by atoms with Crippen molar-refractivity contribution in [1.29, 1.82) is 0 Å². The van der Waals surface area contributed by atoms with Crippen molar-refractivity contribution in [3.05, 3.63) is 35.9 Å². The van der Waals surface area contributed by atoms with E-state index < -0.39 is 0 Å². The molecule has 1 aromatic carbocycles. The third-order valence-corrected chi connectivity index (χ3v) is 2.24. The quantitative estimate of drug-likeness (QED) is 0.700. The summed E-state index contributed by atoms with van der Waals surface area (Å²) in [6, 6.07) is 10.7. The first kappa shape index (κ1) is 7.76. The predicted molar refractivity (Wildman–Crippen MR) is 45.9 cm³/mol. The van der Waals surface area contributed by atoms with E-state index in [-0.39, 0.29) is 0 Å². The van der Waals surface area contributed by atoms with E-state index in [1.807, 2.05) is 18.2 Å². The summed E-state index contributed by atoms with van der Waals surface area (Å²) in [4.78, 5) is 0. The van der Waals surface area contributed by atoms with Gasteiger partial charge in [0, 0.05) is 5.56 Å². The van der Waals surface area contributed by atoms with Crippen LogP contribution in [0.2, 0.25) is 0 Å². The Kier molecular flexibility index (Phi) is 2.90. The first-order valence-electron chi connectivity index (χ1n) is 3.28. The lowest BCUT2D eigenvalue weighted by Gasteiger charge is -2.02. The van der Waals surface area contributed by atoms with Crippen LogP contribution in [0.4, 0.5) is 0 Å². The van der Waals surface area contributed by atoms with Crippen LogP contribution in [0.3, 0.4) is 0 Å². The molecule has 0 heterocycles. The number of benzene rings is 1. The SMILES string of the molecule is [NH3+]C(CBr)c1ccccc1. The zero-order valence-electron chi connectivity index (χ0n) is 5.76. The molecule has 0 spiro atoms. The van der Waals surface area contributed by atoms with Crippen LogP contribution in [0.1, 0.15) is 11.6 Å². The normalized spacial score (nSPS) is 13.0. The lowest BCUT2D eigenvalue weighted by molar-refractivity contribution is -0.418. The standard InChI is InChI=1S/C8H10BrN/c9-6-8(10)7-4-2-1-3-5-7/h1-5,8H,6,10H2/p+1. The molecule has 10 heavy (non-hydrogen) atoms. The molecule has 1 atom stereocenters. The molecule has 0 aliphatic carbocycles. The Bertz CT molecular complexity index is 186. The van der Waals surface area contributed by atoms with E-state index in [0.29, 0.717) is 6.04 Å². The number of hydrogen-bond acceptors (Lipinski definition) is 0. The van der Waals surface area contributed by atoms with Gasteiger partial charge in [-0.2, -0.15) is 0 Å². The average molecular weight is 201 g/mol. The van der Waals surface area contributed by atoms with Crippen LogP contribution in [0.5, 0.6) is 0 Å². The Balaban J connectivity index is 2.75. The van der Waals surface area contributed by atoms with E-state index in [1.165, 1.54) is 5.56 Å². The molecule has 0 aliphatic rings. The molecule has 0 amide bonds. The maximum absolute atomic E-state index is 3.98. The fourth-order valence-corrected chi connectivity index (χ4v) is 1.19. The highest BCUT2D eigenvalue weighted by Crippen LogP contribution is 2.08. The molecule has 0 fully saturated rings. The second-order valence-corrected chi connectivity index (χ2v) is 2.91. The van der Waals surface area contributed by atoms with Gasteiger partial charge in [0.1, 0.15) is 6.04 Å². The minimum Gasteiger partial charge on any atom is -0.351 e. The monoisotopic (exact) mass is 200 g/mol. The Hall–Kier alpha value is -0.340. The topological polar surface area (TPSA) is 27.6 Å². The van der Waals surface area contributed by atoms with Crippen LogP contribution < -0.4 is 5.73 Å². The zero-order valence-corrected chi connectivity index (χ0v) is 7.34. The van der Waals surface area contributed by atoms with Gasteiger partial charge >= 0.3 is 0 Å². The van der Waals surface area contributed by atoms with Gasteiger partial charge in [0.2, 0.25) is 0 Å². The summed E-state index contributed by atoms with van der Waals surface area (Å²) in [5.41, 5.74) is 5.27. The summed E-state index contributed by atoms with van der Waals surface area (Å²) in [6.45, 7) is 0. The lowest BCUT2D eigenvalue weighted by atomic mass is 10.1. The van der Waals surface area contributed by atoms with Gasteiger partial charge < -0.3 is 5.73 Å². The minimum absolute atomic E-state index is 0.376. The van der Waals surface area contributed by atoms with Gasteiger partial charge in [0.05, 0.1) is 5.33 Å². The first-order valence-corrected chi connectivity index (χ1v) is 4.40. The van der Waals surface area contributed by atoms with Crippen LogP contribution in [0, 0.1) is 0 Å². The van der Waals surface area contributed by atoms with Gasteiger partial charge in [-0.15, -0.1) is 0 Å². The average Bonchev–Trinajstić information content (AvgIpc) is 2.05. The van der Waals surface area contributed by atoms with Crippen molar-refractivity contribution in [2.24, 2.45) is 0 Å². The Morgan fingerprint density at radius 3 is 2.40 bits per heavy atom. The van der Waals surface area contributed by atoms with Crippen LogP contribution in [-0.2, 0) is 0 Å². The highest BCUT2D eigenvalue weighted by Gasteiger charge is 2.04. The summed E-state index contributed by atoms with van der Waals surface area (Å²) in [7, 11) is 0. The number of rotatable bonds is 2. The van der Waals surface area contributed by atoms with Crippen molar-refractivity contribution in [3.8, 4) is 0 Å². The molecule has 1 unspecified atom stereocenters. The van der Waals surface area contributed by atoms with Crippen molar-refractivity contribution in [2.45, 2.75) is 6.04 Å². The fourth-order valence-electron chi connectivity index (χ4n) is 0.814.